The molecule has 1 heterocycles. The van der Waals surface area contributed by atoms with E-state index >= 15 is 0 Å². The highest BCUT2D eigenvalue weighted by molar-refractivity contribution is 8.18. The Morgan fingerprint density at radius 3 is 1.90 bits per heavy atom. The van der Waals surface area contributed by atoms with Crippen molar-refractivity contribution in [1.29, 1.82) is 0 Å². The Hall–Kier alpha value is 0.370. The van der Waals surface area contributed by atoms with Gasteiger partial charge in [0.15, 0.2) is 0 Å². The fourth-order valence-electron chi connectivity index (χ4n) is 2.99. The molecule has 1 aliphatic rings. The highest BCUT2D eigenvalue weighted by Gasteiger charge is 2.32. The highest BCUT2D eigenvalue weighted by atomic mass is 32.2. The van der Waals surface area contributed by atoms with Crippen molar-refractivity contribution in [3.63, 3.8) is 0 Å². The van der Waals surface area contributed by atoms with Gasteiger partial charge in [0.2, 0.25) is 0 Å². The molecule has 0 N–H and O–H groups in total. The zero-order valence-electron chi connectivity index (χ0n) is 13.9. The van der Waals surface area contributed by atoms with Crippen LogP contribution in [0.1, 0.15) is 90.4 Å². The summed E-state index contributed by atoms with van der Waals surface area (Å²) in [6.07, 6.45) is 18.4. The fourth-order valence-corrected chi connectivity index (χ4v) is 6.28. The Morgan fingerprint density at radius 2 is 1.38 bits per heavy atom. The van der Waals surface area contributed by atoms with Crippen molar-refractivity contribution in [2.24, 2.45) is 0 Å². The summed E-state index contributed by atoms with van der Waals surface area (Å²) in [5.41, 5.74) is 0. The van der Waals surface area contributed by atoms with Crippen molar-refractivity contribution in [2.75, 3.05) is 11.5 Å². The van der Waals surface area contributed by atoms with Crippen LogP contribution in [0.2, 0.25) is 0 Å². The van der Waals surface area contributed by atoms with E-state index in [1.54, 1.807) is 0 Å². The van der Waals surface area contributed by atoms with Gasteiger partial charge in [-0.25, -0.2) is 0 Å². The lowest BCUT2D eigenvalue weighted by atomic mass is 10.0. The lowest BCUT2D eigenvalue weighted by Crippen LogP contribution is -2.25. The predicted octanol–water partition coefficient (Wildman–Crippen LogP) is 6.45. The Bertz CT molecular complexity index is 250. The summed E-state index contributed by atoms with van der Waals surface area (Å²) < 4.78 is 0.236. The van der Waals surface area contributed by atoms with Crippen LogP contribution in [0.3, 0.4) is 0 Å². The third-order valence-corrected chi connectivity index (χ3v) is 7.81. The van der Waals surface area contributed by atoms with Crippen LogP contribution < -0.4 is 0 Å². The van der Waals surface area contributed by atoms with Gasteiger partial charge in [-0.1, -0.05) is 71.1 Å². The molecular weight excluding hydrogens is 296 g/mol. The quantitative estimate of drug-likeness (QED) is 0.285. The Balaban J connectivity index is 1.98. The standard InChI is InChI=1S/C18H34OS2/c1-2-3-4-5-6-7-8-9-10-11-13-18(14-15-19)20-16-12-17-21-18/h15H,2-14,16-17H2,1H3. The van der Waals surface area contributed by atoms with Crippen LogP contribution in [0, 0.1) is 0 Å². The molecule has 0 spiro atoms. The molecule has 0 aliphatic carbocycles. The van der Waals surface area contributed by atoms with Gasteiger partial charge in [0.05, 0.1) is 4.08 Å². The van der Waals surface area contributed by atoms with Gasteiger partial charge in [-0.15, -0.1) is 23.5 Å². The first-order valence-electron chi connectivity index (χ1n) is 9.04. The number of unbranched alkanes of at least 4 members (excludes halogenated alkanes) is 9. The van der Waals surface area contributed by atoms with Crippen molar-refractivity contribution in [3.8, 4) is 0 Å². The molecule has 0 unspecified atom stereocenters. The third-order valence-electron chi connectivity index (χ3n) is 4.32. The van der Waals surface area contributed by atoms with Crippen molar-refractivity contribution in [1.82, 2.24) is 0 Å². The summed E-state index contributed by atoms with van der Waals surface area (Å²) in [7, 11) is 0. The van der Waals surface area contributed by atoms with E-state index in [4.69, 9.17) is 0 Å². The minimum atomic E-state index is 0.236. The van der Waals surface area contributed by atoms with Crippen LogP contribution in [-0.2, 0) is 4.79 Å². The predicted molar refractivity (Wildman–Crippen MR) is 99.4 cm³/mol. The first-order chi connectivity index (χ1) is 10.3. The molecule has 0 saturated carbocycles. The van der Waals surface area contributed by atoms with E-state index in [2.05, 4.69) is 6.92 Å². The molecule has 0 bridgehead atoms. The number of carbonyl (C=O) groups is 1. The van der Waals surface area contributed by atoms with Gasteiger partial charge in [-0.3, -0.25) is 0 Å². The zero-order valence-corrected chi connectivity index (χ0v) is 15.5. The number of aldehydes is 1. The molecule has 1 nitrogen and oxygen atoms in total. The fraction of sp³-hybridized carbons (Fsp3) is 0.944. The number of hydrogen-bond acceptors (Lipinski definition) is 3. The lowest BCUT2D eigenvalue weighted by Gasteiger charge is -2.34. The second-order valence-electron chi connectivity index (χ2n) is 6.26. The molecule has 0 aromatic heterocycles. The number of carbonyl (C=O) groups excluding carboxylic acids is 1. The van der Waals surface area contributed by atoms with Crippen molar-refractivity contribution in [2.45, 2.75) is 94.5 Å². The monoisotopic (exact) mass is 330 g/mol. The van der Waals surface area contributed by atoms with E-state index in [1.165, 1.54) is 88.6 Å². The normalized spacial score (nSPS) is 17.8. The molecule has 3 heteroatoms. The maximum absolute atomic E-state index is 10.9. The van der Waals surface area contributed by atoms with Gasteiger partial charge in [-0.2, -0.15) is 0 Å². The minimum Gasteiger partial charge on any atom is -0.303 e. The van der Waals surface area contributed by atoms with Gasteiger partial charge >= 0.3 is 0 Å². The molecule has 1 aliphatic heterocycles. The molecule has 0 amide bonds. The summed E-state index contributed by atoms with van der Waals surface area (Å²) in [6.45, 7) is 2.28. The topological polar surface area (TPSA) is 17.1 Å². The van der Waals surface area contributed by atoms with Crippen molar-refractivity contribution in [3.05, 3.63) is 0 Å². The smallest absolute Gasteiger partial charge is 0.122 e. The SMILES string of the molecule is CCCCCCCCCCCCC1(CC=O)SCCCS1. The van der Waals surface area contributed by atoms with Crippen molar-refractivity contribution < 1.29 is 4.79 Å². The van der Waals surface area contributed by atoms with Crippen molar-refractivity contribution >= 4 is 29.8 Å². The van der Waals surface area contributed by atoms with Gasteiger partial charge in [0.1, 0.15) is 6.29 Å². The Labute approximate surface area is 140 Å². The average Bonchev–Trinajstić information content (AvgIpc) is 2.50. The van der Waals surface area contributed by atoms with Gasteiger partial charge < -0.3 is 4.79 Å². The molecule has 0 radical (unpaired) electrons. The highest BCUT2D eigenvalue weighted by Crippen LogP contribution is 2.47. The average molecular weight is 331 g/mol. The molecule has 0 aromatic rings. The van der Waals surface area contributed by atoms with E-state index in [-0.39, 0.29) is 4.08 Å². The number of thioether (sulfide) groups is 2. The largest absolute Gasteiger partial charge is 0.303 e. The molecule has 124 valence electrons. The van der Waals surface area contributed by atoms with E-state index in [0.29, 0.717) is 0 Å². The van der Waals surface area contributed by atoms with Crippen LogP contribution in [0.15, 0.2) is 0 Å². The third kappa shape index (κ3) is 9.18. The summed E-state index contributed by atoms with van der Waals surface area (Å²) in [4.78, 5) is 10.9. The summed E-state index contributed by atoms with van der Waals surface area (Å²) in [5.74, 6) is 2.50. The van der Waals surface area contributed by atoms with Gasteiger partial charge in [0.25, 0.3) is 0 Å². The Morgan fingerprint density at radius 1 is 0.857 bits per heavy atom. The van der Waals surface area contributed by atoms with Crippen LogP contribution in [-0.4, -0.2) is 21.9 Å². The molecule has 1 fully saturated rings. The minimum absolute atomic E-state index is 0.236. The van der Waals surface area contributed by atoms with Crippen LogP contribution in [0.4, 0.5) is 0 Å². The zero-order chi connectivity index (χ0) is 15.2. The first kappa shape index (κ1) is 19.4. The first-order valence-corrected chi connectivity index (χ1v) is 11.0. The van der Waals surface area contributed by atoms with Crippen LogP contribution in [0.5, 0.6) is 0 Å². The van der Waals surface area contributed by atoms with E-state index in [9.17, 15) is 4.79 Å². The van der Waals surface area contributed by atoms with Gasteiger partial charge in [0, 0.05) is 6.42 Å². The van der Waals surface area contributed by atoms with Crippen LogP contribution >= 0.6 is 23.5 Å². The van der Waals surface area contributed by atoms with E-state index in [1.807, 2.05) is 23.5 Å². The molecule has 0 atom stereocenters. The number of hydrogen-bond donors (Lipinski definition) is 0. The molecule has 0 aromatic carbocycles. The lowest BCUT2D eigenvalue weighted by molar-refractivity contribution is -0.108. The molecule has 1 rings (SSSR count). The van der Waals surface area contributed by atoms with E-state index < -0.39 is 0 Å². The number of rotatable bonds is 13. The molecular formula is C18H34OS2. The molecule has 1 saturated heterocycles. The summed E-state index contributed by atoms with van der Waals surface area (Å²) in [5, 5.41) is 0. The maximum atomic E-state index is 10.9. The Kier molecular flexibility index (Phi) is 11.9. The molecule has 21 heavy (non-hydrogen) atoms. The summed E-state index contributed by atoms with van der Waals surface area (Å²) in [6, 6.07) is 0. The second-order valence-corrected chi connectivity index (χ2v) is 9.48. The van der Waals surface area contributed by atoms with Crippen LogP contribution in [0.25, 0.3) is 0 Å². The second kappa shape index (κ2) is 12.9. The maximum Gasteiger partial charge on any atom is 0.122 e. The van der Waals surface area contributed by atoms with Gasteiger partial charge in [-0.05, 0) is 24.3 Å². The summed E-state index contributed by atoms with van der Waals surface area (Å²) >= 11 is 4.09. The van der Waals surface area contributed by atoms with E-state index in [0.717, 1.165) is 12.7 Å².